The predicted molar refractivity (Wildman–Crippen MR) is 70.3 cm³/mol. The summed E-state index contributed by atoms with van der Waals surface area (Å²) in [5, 5.41) is 0. The van der Waals surface area contributed by atoms with Crippen molar-refractivity contribution in [3.8, 4) is 0 Å². The first-order valence-corrected chi connectivity index (χ1v) is 7.43. The SMILES string of the molecule is CCCC(C)N(C)S(=O)(=O)N(C)CCC(=O)OC. The average molecular weight is 280 g/mol. The Kier molecular flexibility index (Phi) is 7.42. The van der Waals surface area contributed by atoms with E-state index in [4.69, 9.17) is 0 Å². The molecule has 0 aliphatic carbocycles. The molecule has 0 saturated carbocycles. The smallest absolute Gasteiger partial charge is 0.306 e. The summed E-state index contributed by atoms with van der Waals surface area (Å²) in [7, 11) is 0.804. The van der Waals surface area contributed by atoms with Crippen molar-refractivity contribution in [2.75, 3.05) is 27.7 Å². The van der Waals surface area contributed by atoms with Crippen molar-refractivity contribution >= 4 is 16.2 Å². The fraction of sp³-hybridized carbons (Fsp3) is 0.909. The first kappa shape index (κ1) is 17.3. The summed E-state index contributed by atoms with van der Waals surface area (Å²) in [5.41, 5.74) is 0. The number of hydrogen-bond acceptors (Lipinski definition) is 4. The third kappa shape index (κ3) is 4.91. The van der Waals surface area contributed by atoms with E-state index in [9.17, 15) is 13.2 Å². The van der Waals surface area contributed by atoms with Crippen molar-refractivity contribution in [2.24, 2.45) is 0 Å². The first-order chi connectivity index (χ1) is 8.27. The van der Waals surface area contributed by atoms with Crippen LogP contribution in [0.3, 0.4) is 0 Å². The van der Waals surface area contributed by atoms with Crippen molar-refractivity contribution in [2.45, 2.75) is 39.2 Å². The van der Waals surface area contributed by atoms with Gasteiger partial charge in [-0.1, -0.05) is 13.3 Å². The maximum Gasteiger partial charge on any atom is 0.306 e. The van der Waals surface area contributed by atoms with Crippen molar-refractivity contribution in [1.29, 1.82) is 0 Å². The van der Waals surface area contributed by atoms with Crippen LogP contribution in [0.25, 0.3) is 0 Å². The van der Waals surface area contributed by atoms with E-state index in [1.54, 1.807) is 7.05 Å². The second kappa shape index (κ2) is 7.70. The minimum atomic E-state index is -3.51. The molecule has 18 heavy (non-hydrogen) atoms. The van der Waals surface area contributed by atoms with Gasteiger partial charge in [-0.15, -0.1) is 0 Å². The number of ether oxygens (including phenoxy) is 1. The van der Waals surface area contributed by atoms with Gasteiger partial charge in [0, 0.05) is 26.7 Å². The zero-order chi connectivity index (χ0) is 14.3. The molecule has 0 aliphatic heterocycles. The van der Waals surface area contributed by atoms with Crippen LogP contribution in [-0.4, -0.2) is 56.8 Å². The zero-order valence-corrected chi connectivity index (χ0v) is 12.7. The number of nitrogens with zero attached hydrogens (tertiary/aromatic N) is 2. The fourth-order valence-corrected chi connectivity index (χ4v) is 2.83. The zero-order valence-electron chi connectivity index (χ0n) is 11.8. The van der Waals surface area contributed by atoms with Gasteiger partial charge in [-0.05, 0) is 13.3 Å². The fourth-order valence-electron chi connectivity index (χ4n) is 1.51. The van der Waals surface area contributed by atoms with Crippen LogP contribution in [0.4, 0.5) is 0 Å². The second-order valence-corrected chi connectivity index (χ2v) is 6.40. The van der Waals surface area contributed by atoms with Crippen molar-refractivity contribution in [3.63, 3.8) is 0 Å². The lowest BCUT2D eigenvalue weighted by molar-refractivity contribution is -0.140. The van der Waals surface area contributed by atoms with Gasteiger partial charge in [0.25, 0.3) is 10.2 Å². The van der Waals surface area contributed by atoms with Crippen LogP contribution in [0, 0.1) is 0 Å². The Labute approximate surface area is 110 Å². The quantitative estimate of drug-likeness (QED) is 0.618. The number of carbonyl (C=O) groups is 1. The van der Waals surface area contributed by atoms with Gasteiger partial charge in [0.15, 0.2) is 0 Å². The van der Waals surface area contributed by atoms with Crippen LogP contribution in [-0.2, 0) is 19.7 Å². The Hall–Kier alpha value is -0.660. The van der Waals surface area contributed by atoms with Crippen molar-refractivity contribution in [1.82, 2.24) is 8.61 Å². The van der Waals surface area contributed by atoms with Crippen LogP contribution in [0.15, 0.2) is 0 Å². The normalized spacial score (nSPS) is 13.9. The van der Waals surface area contributed by atoms with E-state index in [-0.39, 0.29) is 19.0 Å². The molecule has 0 heterocycles. The van der Waals surface area contributed by atoms with Gasteiger partial charge in [-0.2, -0.15) is 17.0 Å². The first-order valence-electron chi connectivity index (χ1n) is 6.03. The monoisotopic (exact) mass is 280 g/mol. The molecule has 0 spiro atoms. The van der Waals surface area contributed by atoms with Crippen LogP contribution >= 0.6 is 0 Å². The molecule has 6 nitrogen and oxygen atoms in total. The molecule has 0 saturated heterocycles. The third-order valence-electron chi connectivity index (χ3n) is 2.94. The molecule has 0 radical (unpaired) electrons. The molecular formula is C11H24N2O4S. The Bertz CT molecular complexity index is 356. The summed E-state index contributed by atoms with van der Waals surface area (Å²) >= 11 is 0. The lowest BCUT2D eigenvalue weighted by Crippen LogP contribution is -2.44. The van der Waals surface area contributed by atoms with Gasteiger partial charge in [0.1, 0.15) is 0 Å². The molecule has 0 fully saturated rings. The molecule has 1 unspecified atom stereocenters. The minimum absolute atomic E-state index is 0.0550. The summed E-state index contributed by atoms with van der Waals surface area (Å²) in [5.74, 6) is -0.415. The molecule has 0 N–H and O–H groups in total. The maximum absolute atomic E-state index is 12.1. The van der Waals surface area contributed by atoms with Gasteiger partial charge in [-0.25, -0.2) is 0 Å². The van der Waals surface area contributed by atoms with Crippen LogP contribution in [0.1, 0.15) is 33.1 Å². The van der Waals surface area contributed by atoms with Crippen LogP contribution in [0.5, 0.6) is 0 Å². The maximum atomic E-state index is 12.1. The number of rotatable bonds is 8. The molecule has 0 rings (SSSR count). The van der Waals surface area contributed by atoms with E-state index in [0.29, 0.717) is 0 Å². The van der Waals surface area contributed by atoms with E-state index in [1.807, 2.05) is 13.8 Å². The lowest BCUT2D eigenvalue weighted by Gasteiger charge is -2.28. The molecule has 0 aromatic carbocycles. The summed E-state index contributed by atoms with van der Waals surface area (Å²) in [6, 6.07) is -0.0550. The molecule has 0 bridgehead atoms. The van der Waals surface area contributed by atoms with E-state index < -0.39 is 16.2 Å². The predicted octanol–water partition coefficient (Wildman–Crippen LogP) is 0.847. The number of carbonyl (C=O) groups excluding carboxylic acids is 1. The van der Waals surface area contributed by atoms with Gasteiger partial charge in [-0.3, -0.25) is 4.79 Å². The molecule has 108 valence electrons. The van der Waals surface area contributed by atoms with E-state index in [1.165, 1.54) is 22.8 Å². The Morgan fingerprint density at radius 3 is 2.33 bits per heavy atom. The number of esters is 1. The molecule has 0 aromatic heterocycles. The largest absolute Gasteiger partial charge is 0.469 e. The Morgan fingerprint density at radius 2 is 1.89 bits per heavy atom. The highest BCUT2D eigenvalue weighted by Gasteiger charge is 2.27. The topological polar surface area (TPSA) is 66.9 Å². The van der Waals surface area contributed by atoms with Gasteiger partial charge < -0.3 is 4.74 Å². The molecule has 1 atom stereocenters. The highest BCUT2D eigenvalue weighted by molar-refractivity contribution is 7.86. The van der Waals surface area contributed by atoms with Crippen LogP contribution < -0.4 is 0 Å². The van der Waals surface area contributed by atoms with Crippen molar-refractivity contribution < 1.29 is 17.9 Å². The number of methoxy groups -OCH3 is 1. The molecule has 0 amide bonds. The Balaban J connectivity index is 4.56. The Morgan fingerprint density at radius 1 is 1.33 bits per heavy atom. The van der Waals surface area contributed by atoms with Gasteiger partial charge >= 0.3 is 5.97 Å². The summed E-state index contributed by atoms with van der Waals surface area (Å²) < 4.78 is 31.3. The summed E-state index contributed by atoms with van der Waals surface area (Å²) in [4.78, 5) is 11.0. The summed E-state index contributed by atoms with van der Waals surface area (Å²) in [6.07, 6.45) is 1.79. The highest BCUT2D eigenvalue weighted by Crippen LogP contribution is 2.12. The molecule has 0 aliphatic rings. The molecule has 7 heteroatoms. The lowest BCUT2D eigenvalue weighted by atomic mass is 10.2. The average Bonchev–Trinajstić information content (AvgIpc) is 2.34. The molecular weight excluding hydrogens is 256 g/mol. The van der Waals surface area contributed by atoms with E-state index >= 15 is 0 Å². The van der Waals surface area contributed by atoms with Gasteiger partial charge in [0.2, 0.25) is 0 Å². The second-order valence-electron chi connectivity index (χ2n) is 4.31. The number of hydrogen-bond donors (Lipinski definition) is 0. The third-order valence-corrected chi connectivity index (χ3v) is 5.00. The minimum Gasteiger partial charge on any atom is -0.469 e. The molecule has 0 aromatic rings. The van der Waals surface area contributed by atoms with Crippen LogP contribution in [0.2, 0.25) is 0 Å². The van der Waals surface area contributed by atoms with Gasteiger partial charge in [0.05, 0.1) is 13.5 Å². The highest BCUT2D eigenvalue weighted by atomic mass is 32.2. The standard InChI is InChI=1S/C11H24N2O4S/c1-6-7-10(2)13(4)18(15,16)12(3)9-8-11(14)17-5/h10H,6-9H2,1-5H3. The van der Waals surface area contributed by atoms with Crippen molar-refractivity contribution in [3.05, 3.63) is 0 Å². The summed E-state index contributed by atoms with van der Waals surface area (Å²) in [6.45, 7) is 4.01. The van der Waals surface area contributed by atoms with E-state index in [0.717, 1.165) is 12.8 Å². The van der Waals surface area contributed by atoms with E-state index in [2.05, 4.69) is 4.74 Å².